The minimum Gasteiger partial charge on any atom is -0.376 e. The number of likely N-dealkylation sites (tertiary alicyclic amines) is 1. The first-order valence-electron chi connectivity index (χ1n) is 11.8. The fourth-order valence-corrected chi connectivity index (χ4v) is 4.44. The Bertz CT molecular complexity index is 1190. The maximum atomic E-state index is 12.8. The summed E-state index contributed by atoms with van der Waals surface area (Å²) >= 11 is 5.91. The van der Waals surface area contributed by atoms with Crippen molar-refractivity contribution in [3.8, 4) is 0 Å². The molecule has 1 fully saturated rings. The quantitative estimate of drug-likeness (QED) is 0.312. The molecule has 1 saturated heterocycles. The topological polar surface area (TPSA) is 64.4 Å². The number of rotatable bonds is 8. The number of nitrogens with zero attached hydrogens (tertiary/aromatic N) is 3. The van der Waals surface area contributed by atoms with Crippen LogP contribution in [0.4, 0.5) is 0 Å². The minimum absolute atomic E-state index is 0.0328. The number of amides is 1. The van der Waals surface area contributed by atoms with E-state index in [0.717, 1.165) is 28.6 Å². The van der Waals surface area contributed by atoms with Crippen molar-refractivity contribution in [2.45, 2.75) is 52.7 Å². The van der Waals surface area contributed by atoms with Crippen LogP contribution in [0.1, 0.15) is 59.9 Å². The normalized spacial score (nSPS) is 14.4. The van der Waals surface area contributed by atoms with Gasteiger partial charge in [-0.2, -0.15) is 5.10 Å². The van der Waals surface area contributed by atoms with E-state index in [-0.39, 0.29) is 17.3 Å². The average Bonchev–Trinajstić information content (AvgIpc) is 3.17. The third-order valence-electron chi connectivity index (χ3n) is 6.17. The van der Waals surface area contributed by atoms with Gasteiger partial charge in [-0.15, -0.1) is 0 Å². The van der Waals surface area contributed by atoms with E-state index in [0.29, 0.717) is 49.0 Å². The van der Waals surface area contributed by atoms with Crippen LogP contribution in [0.5, 0.6) is 0 Å². The van der Waals surface area contributed by atoms with E-state index < -0.39 is 0 Å². The monoisotopic (exact) mass is 481 g/mol. The van der Waals surface area contributed by atoms with Gasteiger partial charge in [0.1, 0.15) is 0 Å². The molecule has 1 aliphatic heterocycles. The zero-order chi connectivity index (χ0) is 24.5. The maximum Gasteiger partial charge on any atom is 0.253 e. The molecule has 0 radical (unpaired) electrons. The zero-order valence-corrected chi connectivity index (χ0v) is 21.1. The summed E-state index contributed by atoms with van der Waals surface area (Å²) in [4.78, 5) is 27.2. The minimum atomic E-state index is -0.187. The van der Waals surface area contributed by atoms with Crippen LogP contribution < -0.4 is 0 Å². The molecule has 2 heterocycles. The standard InChI is InChI=1S/C27H32ClN3O3/c1-18-22(25(32)6-5-13-34-27(2,3)4)11-12-24-23(18)17-31(29-24)16-19-14-30(15-19)26(33)20-7-9-21(28)10-8-20/h7-12,17,19H,5-6,13-16H2,1-4H3. The Balaban J connectivity index is 1.34. The number of ketones is 1. The van der Waals surface area contributed by atoms with Crippen molar-refractivity contribution in [1.82, 2.24) is 14.7 Å². The van der Waals surface area contributed by atoms with Gasteiger partial charge in [-0.05, 0) is 76.1 Å². The Hall–Kier alpha value is -2.70. The molecule has 34 heavy (non-hydrogen) atoms. The third-order valence-corrected chi connectivity index (χ3v) is 6.42. The molecule has 0 aliphatic carbocycles. The van der Waals surface area contributed by atoms with Crippen LogP contribution in [0.3, 0.4) is 0 Å². The highest BCUT2D eigenvalue weighted by Gasteiger charge is 2.31. The summed E-state index contributed by atoms with van der Waals surface area (Å²) in [6, 6.07) is 10.8. The molecule has 180 valence electrons. The van der Waals surface area contributed by atoms with Crippen LogP contribution >= 0.6 is 11.6 Å². The van der Waals surface area contributed by atoms with Gasteiger partial charge in [-0.1, -0.05) is 11.6 Å². The van der Waals surface area contributed by atoms with Crippen LogP contribution in [0.2, 0.25) is 5.02 Å². The second kappa shape index (κ2) is 9.88. The van der Waals surface area contributed by atoms with Crippen LogP contribution in [-0.4, -0.2) is 51.7 Å². The number of fused-ring (bicyclic) bond motifs is 1. The maximum absolute atomic E-state index is 12.8. The molecule has 0 spiro atoms. The number of hydrogen-bond acceptors (Lipinski definition) is 4. The predicted octanol–water partition coefficient (Wildman–Crippen LogP) is 5.55. The van der Waals surface area contributed by atoms with E-state index in [9.17, 15) is 9.59 Å². The average molecular weight is 482 g/mol. The van der Waals surface area contributed by atoms with Crippen molar-refractivity contribution in [1.29, 1.82) is 0 Å². The lowest BCUT2D eigenvalue weighted by atomic mass is 9.98. The van der Waals surface area contributed by atoms with E-state index in [1.165, 1.54) is 0 Å². The predicted molar refractivity (Wildman–Crippen MR) is 135 cm³/mol. The third kappa shape index (κ3) is 5.68. The molecule has 6 nitrogen and oxygen atoms in total. The fourth-order valence-electron chi connectivity index (χ4n) is 4.31. The lowest BCUT2D eigenvalue weighted by Crippen LogP contribution is -2.51. The van der Waals surface area contributed by atoms with Gasteiger partial charge in [-0.25, -0.2) is 0 Å². The van der Waals surface area contributed by atoms with E-state index in [1.807, 2.05) is 55.6 Å². The summed E-state index contributed by atoms with van der Waals surface area (Å²) in [5.74, 6) is 0.528. The van der Waals surface area contributed by atoms with Gasteiger partial charge in [-0.3, -0.25) is 14.3 Å². The van der Waals surface area contributed by atoms with Gasteiger partial charge in [0, 0.05) is 66.3 Å². The Morgan fingerprint density at radius 1 is 1.12 bits per heavy atom. The first kappa shape index (κ1) is 24.4. The molecule has 0 bridgehead atoms. The Labute approximate surface area is 205 Å². The number of Topliss-reactive ketones (excluding diaryl/α,β-unsaturated/α-hetero) is 1. The number of ether oxygens (including phenoxy) is 1. The Morgan fingerprint density at radius 3 is 2.50 bits per heavy atom. The number of carbonyl (C=O) groups is 2. The summed E-state index contributed by atoms with van der Waals surface area (Å²) in [7, 11) is 0. The molecule has 0 saturated carbocycles. The molecule has 0 unspecified atom stereocenters. The molecular formula is C27H32ClN3O3. The molecule has 1 aliphatic rings. The lowest BCUT2D eigenvalue weighted by Gasteiger charge is -2.39. The van der Waals surface area contributed by atoms with Crippen molar-refractivity contribution >= 4 is 34.2 Å². The van der Waals surface area contributed by atoms with Crippen molar-refractivity contribution in [2.75, 3.05) is 19.7 Å². The highest BCUT2D eigenvalue weighted by atomic mass is 35.5. The van der Waals surface area contributed by atoms with Crippen LogP contribution in [-0.2, 0) is 11.3 Å². The molecule has 7 heteroatoms. The van der Waals surface area contributed by atoms with Crippen molar-refractivity contribution in [3.63, 3.8) is 0 Å². The number of halogens is 1. The molecule has 3 aromatic rings. The van der Waals surface area contributed by atoms with Gasteiger partial charge < -0.3 is 9.64 Å². The summed E-state index contributed by atoms with van der Waals surface area (Å²) < 4.78 is 7.67. The molecular weight excluding hydrogens is 450 g/mol. The van der Waals surface area contributed by atoms with Crippen molar-refractivity contribution in [2.24, 2.45) is 5.92 Å². The smallest absolute Gasteiger partial charge is 0.253 e. The number of carbonyl (C=O) groups excluding carboxylic acids is 2. The highest BCUT2D eigenvalue weighted by molar-refractivity contribution is 6.30. The Morgan fingerprint density at radius 2 is 1.82 bits per heavy atom. The number of hydrogen-bond donors (Lipinski definition) is 0. The van der Waals surface area contributed by atoms with Crippen LogP contribution in [0, 0.1) is 12.8 Å². The van der Waals surface area contributed by atoms with Crippen LogP contribution in [0.25, 0.3) is 10.9 Å². The first-order valence-corrected chi connectivity index (χ1v) is 12.2. The summed E-state index contributed by atoms with van der Waals surface area (Å²) in [6.45, 7) is 10.8. The molecule has 0 N–H and O–H groups in total. The van der Waals surface area contributed by atoms with Crippen molar-refractivity contribution in [3.05, 3.63) is 64.3 Å². The summed E-state index contributed by atoms with van der Waals surface area (Å²) in [5, 5.41) is 6.33. The highest BCUT2D eigenvalue weighted by Crippen LogP contribution is 2.25. The molecule has 1 aromatic heterocycles. The van der Waals surface area contributed by atoms with Gasteiger partial charge in [0.25, 0.3) is 5.91 Å². The molecule has 4 rings (SSSR count). The van der Waals surface area contributed by atoms with Crippen LogP contribution in [0.15, 0.2) is 42.6 Å². The number of benzene rings is 2. The lowest BCUT2D eigenvalue weighted by molar-refractivity contribution is -0.00430. The van der Waals surface area contributed by atoms with Gasteiger partial charge in [0.05, 0.1) is 11.1 Å². The molecule has 1 amide bonds. The van der Waals surface area contributed by atoms with E-state index in [4.69, 9.17) is 21.4 Å². The number of aromatic nitrogens is 2. The summed E-state index contributed by atoms with van der Waals surface area (Å²) in [5.41, 5.74) is 3.08. The van der Waals surface area contributed by atoms with E-state index in [1.54, 1.807) is 24.3 Å². The van der Waals surface area contributed by atoms with Gasteiger partial charge in [0.15, 0.2) is 5.78 Å². The van der Waals surface area contributed by atoms with Gasteiger partial charge in [0.2, 0.25) is 0 Å². The largest absolute Gasteiger partial charge is 0.376 e. The van der Waals surface area contributed by atoms with E-state index in [2.05, 4.69) is 0 Å². The zero-order valence-electron chi connectivity index (χ0n) is 20.3. The second-order valence-corrected chi connectivity index (χ2v) is 10.5. The van der Waals surface area contributed by atoms with Crippen molar-refractivity contribution < 1.29 is 14.3 Å². The van der Waals surface area contributed by atoms with E-state index >= 15 is 0 Å². The number of aryl methyl sites for hydroxylation is 1. The fraction of sp³-hybridized carbons (Fsp3) is 0.444. The SMILES string of the molecule is Cc1c(C(=O)CCCOC(C)(C)C)ccc2nn(CC3CN(C(=O)c4ccc(Cl)cc4)C3)cc12. The molecule has 2 aromatic carbocycles. The summed E-state index contributed by atoms with van der Waals surface area (Å²) in [6.07, 6.45) is 3.20. The molecule has 0 atom stereocenters. The Kier molecular flexibility index (Phi) is 7.10. The first-order chi connectivity index (χ1) is 16.1. The van der Waals surface area contributed by atoms with Gasteiger partial charge >= 0.3 is 0 Å². The second-order valence-electron chi connectivity index (χ2n) is 10.1.